The van der Waals surface area contributed by atoms with E-state index in [-0.39, 0.29) is 39.8 Å². The Morgan fingerprint density at radius 1 is 1.35 bits per heavy atom. The molecular formula is C10H10Cl3NO5S. The Labute approximate surface area is 130 Å². The van der Waals surface area contributed by atoms with Gasteiger partial charge < -0.3 is 4.74 Å². The summed E-state index contributed by atoms with van der Waals surface area (Å²) < 4.78 is 27.1. The lowest BCUT2D eigenvalue weighted by Crippen LogP contribution is -2.16. The van der Waals surface area contributed by atoms with E-state index in [1.54, 1.807) is 6.92 Å². The average molecular weight is 363 g/mol. The van der Waals surface area contributed by atoms with Gasteiger partial charge in [0.25, 0.3) is 5.69 Å². The lowest BCUT2D eigenvalue weighted by molar-refractivity contribution is -0.384. The fourth-order valence-corrected chi connectivity index (χ4v) is 3.41. The quantitative estimate of drug-likeness (QED) is 0.439. The molecule has 0 aliphatic rings. The van der Waals surface area contributed by atoms with Crippen molar-refractivity contribution in [3.05, 3.63) is 32.3 Å². The number of nitro groups is 1. The van der Waals surface area contributed by atoms with Crippen molar-refractivity contribution in [3.8, 4) is 5.75 Å². The molecule has 1 atom stereocenters. The molecule has 0 saturated heterocycles. The maximum Gasteiger partial charge on any atom is 0.272 e. The van der Waals surface area contributed by atoms with Crippen molar-refractivity contribution in [2.45, 2.75) is 6.92 Å². The molecule has 0 fully saturated rings. The van der Waals surface area contributed by atoms with Gasteiger partial charge in [-0.05, 0) is 0 Å². The van der Waals surface area contributed by atoms with Crippen LogP contribution in [0.15, 0.2) is 12.1 Å². The lowest BCUT2D eigenvalue weighted by atomic mass is 10.2. The predicted molar refractivity (Wildman–Crippen MR) is 77.4 cm³/mol. The van der Waals surface area contributed by atoms with Crippen molar-refractivity contribution in [2.75, 3.05) is 12.4 Å². The minimum atomic E-state index is -3.63. The zero-order valence-corrected chi connectivity index (χ0v) is 13.3. The molecule has 1 aromatic rings. The van der Waals surface area contributed by atoms with Crippen LogP contribution in [-0.2, 0) is 9.05 Å². The van der Waals surface area contributed by atoms with Crippen LogP contribution in [0.3, 0.4) is 0 Å². The fraction of sp³-hybridized carbons (Fsp3) is 0.400. The van der Waals surface area contributed by atoms with Gasteiger partial charge >= 0.3 is 0 Å². The number of rotatable bonds is 6. The lowest BCUT2D eigenvalue weighted by Gasteiger charge is -2.13. The van der Waals surface area contributed by atoms with Crippen LogP contribution in [-0.4, -0.2) is 25.7 Å². The molecule has 10 heteroatoms. The summed E-state index contributed by atoms with van der Waals surface area (Å²) in [6, 6.07) is 2.21. The Morgan fingerprint density at radius 2 is 1.85 bits per heavy atom. The van der Waals surface area contributed by atoms with Crippen LogP contribution < -0.4 is 4.74 Å². The number of non-ortho nitro benzene ring substituents is 1. The van der Waals surface area contributed by atoms with Gasteiger partial charge in [0, 0.05) is 28.7 Å². The zero-order valence-electron chi connectivity index (χ0n) is 10.2. The third-order valence-electron chi connectivity index (χ3n) is 2.19. The van der Waals surface area contributed by atoms with Gasteiger partial charge in [0.1, 0.15) is 0 Å². The van der Waals surface area contributed by atoms with Gasteiger partial charge in [0.05, 0.1) is 27.3 Å². The highest BCUT2D eigenvalue weighted by atomic mass is 35.7. The molecule has 0 N–H and O–H groups in total. The third-order valence-corrected chi connectivity index (χ3v) is 4.10. The van der Waals surface area contributed by atoms with E-state index in [0.29, 0.717) is 0 Å². The van der Waals surface area contributed by atoms with E-state index < -0.39 is 14.0 Å². The molecule has 1 rings (SSSR count). The van der Waals surface area contributed by atoms with Crippen molar-refractivity contribution in [1.82, 2.24) is 0 Å². The molecule has 1 aromatic carbocycles. The highest BCUT2D eigenvalue weighted by Crippen LogP contribution is 2.36. The molecule has 1 unspecified atom stereocenters. The first-order chi connectivity index (χ1) is 9.10. The number of hydrogen-bond acceptors (Lipinski definition) is 5. The first-order valence-corrected chi connectivity index (χ1v) is 8.52. The van der Waals surface area contributed by atoms with E-state index in [9.17, 15) is 18.5 Å². The van der Waals surface area contributed by atoms with Crippen LogP contribution in [0.25, 0.3) is 0 Å². The maximum atomic E-state index is 10.9. The monoisotopic (exact) mass is 361 g/mol. The smallest absolute Gasteiger partial charge is 0.272 e. The summed E-state index contributed by atoms with van der Waals surface area (Å²) in [7, 11) is 1.49. The fourth-order valence-electron chi connectivity index (χ4n) is 1.40. The first-order valence-electron chi connectivity index (χ1n) is 5.28. The second-order valence-electron chi connectivity index (χ2n) is 4.12. The number of halogens is 3. The molecular weight excluding hydrogens is 353 g/mol. The molecule has 0 aromatic heterocycles. The van der Waals surface area contributed by atoms with E-state index in [4.69, 9.17) is 38.6 Å². The van der Waals surface area contributed by atoms with Gasteiger partial charge in [-0.15, -0.1) is 0 Å². The molecule has 0 amide bonds. The van der Waals surface area contributed by atoms with Crippen LogP contribution in [0.2, 0.25) is 10.0 Å². The summed E-state index contributed by atoms with van der Waals surface area (Å²) in [5.74, 6) is -0.589. The number of nitro benzene ring substituents is 1. The summed E-state index contributed by atoms with van der Waals surface area (Å²) in [5, 5.41) is 10.6. The summed E-state index contributed by atoms with van der Waals surface area (Å²) in [4.78, 5) is 9.97. The van der Waals surface area contributed by atoms with Crippen LogP contribution in [0, 0.1) is 16.0 Å². The van der Waals surface area contributed by atoms with Crippen LogP contribution in [0.5, 0.6) is 5.75 Å². The Morgan fingerprint density at radius 3 is 2.25 bits per heavy atom. The van der Waals surface area contributed by atoms with E-state index in [1.807, 2.05) is 0 Å². The number of benzene rings is 1. The minimum Gasteiger partial charge on any atom is -0.490 e. The highest BCUT2D eigenvalue weighted by molar-refractivity contribution is 8.13. The minimum absolute atomic E-state index is 0.00318. The Balaban J connectivity index is 2.81. The van der Waals surface area contributed by atoms with Gasteiger partial charge in [-0.2, -0.15) is 0 Å². The Kier molecular flexibility index (Phi) is 5.88. The summed E-state index contributed by atoms with van der Waals surface area (Å²) in [6.45, 7) is 1.62. The van der Waals surface area contributed by atoms with E-state index in [0.717, 1.165) is 12.1 Å². The first kappa shape index (κ1) is 17.3. The molecule has 0 aliphatic heterocycles. The van der Waals surface area contributed by atoms with E-state index in [1.165, 1.54) is 0 Å². The number of hydrogen-bond donors (Lipinski definition) is 0. The molecule has 0 radical (unpaired) electrons. The van der Waals surface area contributed by atoms with Crippen molar-refractivity contribution >= 4 is 48.6 Å². The van der Waals surface area contributed by atoms with Crippen molar-refractivity contribution in [2.24, 2.45) is 5.92 Å². The molecule has 0 saturated carbocycles. The molecule has 0 bridgehead atoms. The van der Waals surface area contributed by atoms with Gasteiger partial charge in [0.2, 0.25) is 9.05 Å². The zero-order chi connectivity index (χ0) is 15.5. The van der Waals surface area contributed by atoms with Crippen molar-refractivity contribution in [1.29, 1.82) is 0 Å². The predicted octanol–water partition coefficient (Wildman–Crippen LogP) is 3.49. The standard InChI is InChI=1S/C10H10Cl3NO5S/c1-6(5-20(13,17)18)4-19-10-8(11)2-7(14(15)16)3-9(10)12/h2-3,6H,4-5H2,1H3. The molecule has 20 heavy (non-hydrogen) atoms. The summed E-state index contributed by atoms with van der Waals surface area (Å²) >= 11 is 11.7. The van der Waals surface area contributed by atoms with Gasteiger partial charge in [-0.1, -0.05) is 30.1 Å². The van der Waals surface area contributed by atoms with Gasteiger partial charge in [0.15, 0.2) is 5.75 Å². The Hall–Kier alpha value is -0.760. The molecule has 0 spiro atoms. The summed E-state index contributed by atoms with van der Waals surface area (Å²) in [6.07, 6.45) is 0. The van der Waals surface area contributed by atoms with Crippen molar-refractivity contribution in [3.63, 3.8) is 0 Å². The molecule has 112 valence electrons. The second kappa shape index (κ2) is 6.80. The van der Waals surface area contributed by atoms with Gasteiger partial charge in [-0.3, -0.25) is 10.1 Å². The van der Waals surface area contributed by atoms with Gasteiger partial charge in [-0.25, -0.2) is 8.42 Å². The number of nitrogens with zero attached hydrogens (tertiary/aromatic N) is 1. The molecule has 0 aliphatic carbocycles. The average Bonchev–Trinajstić information content (AvgIpc) is 2.24. The highest BCUT2D eigenvalue weighted by Gasteiger charge is 2.18. The van der Waals surface area contributed by atoms with Crippen LogP contribution in [0.1, 0.15) is 6.92 Å². The maximum absolute atomic E-state index is 10.9. The Bertz CT molecular complexity index is 596. The molecule has 6 nitrogen and oxygen atoms in total. The van der Waals surface area contributed by atoms with E-state index >= 15 is 0 Å². The largest absolute Gasteiger partial charge is 0.490 e. The normalized spacial score (nSPS) is 13.0. The third kappa shape index (κ3) is 5.32. The molecule has 0 heterocycles. The van der Waals surface area contributed by atoms with Crippen LogP contribution in [0.4, 0.5) is 5.69 Å². The van der Waals surface area contributed by atoms with Crippen LogP contribution >= 0.6 is 33.9 Å². The topological polar surface area (TPSA) is 86.5 Å². The number of ether oxygens (including phenoxy) is 1. The van der Waals surface area contributed by atoms with Crippen molar-refractivity contribution < 1.29 is 18.1 Å². The summed E-state index contributed by atoms with van der Waals surface area (Å²) in [5.41, 5.74) is -0.260. The second-order valence-corrected chi connectivity index (χ2v) is 7.75. The van der Waals surface area contributed by atoms with E-state index in [2.05, 4.69) is 0 Å². The SMILES string of the molecule is CC(COc1c(Cl)cc([N+](=O)[O-])cc1Cl)CS(=O)(=O)Cl.